The average molecular weight is 403 g/mol. The van der Waals surface area contributed by atoms with Crippen molar-refractivity contribution in [2.24, 2.45) is 5.92 Å². The standard InChI is InChI=1S/C20H23BrN2O2/c1-13(2)18(23-19(24)15-9-5-4-6-10-15)20(25)22-14(3)16-11-7-8-12-17(16)21/h4-14,18H,1-3H3,(H,22,25)(H,23,24). The van der Waals surface area contributed by atoms with Crippen LogP contribution in [0.5, 0.6) is 0 Å². The van der Waals surface area contributed by atoms with E-state index in [4.69, 9.17) is 0 Å². The van der Waals surface area contributed by atoms with Gasteiger partial charge in [-0.05, 0) is 36.6 Å². The van der Waals surface area contributed by atoms with Crippen LogP contribution in [0.2, 0.25) is 0 Å². The van der Waals surface area contributed by atoms with Gasteiger partial charge in [0.05, 0.1) is 6.04 Å². The number of hydrogen-bond donors (Lipinski definition) is 2. The molecule has 0 saturated heterocycles. The molecule has 0 aliphatic rings. The van der Waals surface area contributed by atoms with E-state index >= 15 is 0 Å². The Morgan fingerprint density at radius 1 is 0.880 bits per heavy atom. The molecule has 0 aromatic heterocycles. The fraction of sp³-hybridized carbons (Fsp3) is 0.300. The lowest BCUT2D eigenvalue weighted by molar-refractivity contribution is -0.124. The van der Waals surface area contributed by atoms with Gasteiger partial charge in [0.1, 0.15) is 6.04 Å². The summed E-state index contributed by atoms with van der Waals surface area (Å²) in [5.74, 6) is -0.468. The topological polar surface area (TPSA) is 58.2 Å². The number of halogens is 1. The van der Waals surface area contributed by atoms with Gasteiger partial charge in [-0.1, -0.05) is 66.2 Å². The minimum absolute atomic E-state index is 0.0286. The van der Waals surface area contributed by atoms with E-state index in [0.717, 1.165) is 10.0 Å². The Labute approximate surface area is 157 Å². The van der Waals surface area contributed by atoms with Gasteiger partial charge in [0.25, 0.3) is 5.91 Å². The van der Waals surface area contributed by atoms with Crippen LogP contribution in [-0.4, -0.2) is 17.9 Å². The summed E-state index contributed by atoms with van der Waals surface area (Å²) in [6, 6.07) is 15.9. The molecule has 0 heterocycles. The molecule has 25 heavy (non-hydrogen) atoms. The molecule has 0 radical (unpaired) electrons. The Morgan fingerprint density at radius 2 is 1.48 bits per heavy atom. The number of benzene rings is 2. The SMILES string of the molecule is CC(NC(=O)C(NC(=O)c1ccccc1)C(C)C)c1ccccc1Br. The van der Waals surface area contributed by atoms with Gasteiger partial charge in [-0.25, -0.2) is 0 Å². The summed E-state index contributed by atoms with van der Waals surface area (Å²) in [6.07, 6.45) is 0. The van der Waals surface area contributed by atoms with Crippen LogP contribution in [0.15, 0.2) is 59.1 Å². The summed E-state index contributed by atoms with van der Waals surface area (Å²) in [5.41, 5.74) is 1.53. The van der Waals surface area contributed by atoms with E-state index in [1.807, 2.05) is 51.1 Å². The van der Waals surface area contributed by atoms with Gasteiger partial charge < -0.3 is 10.6 Å². The lowest BCUT2D eigenvalue weighted by atomic mass is 10.0. The average Bonchev–Trinajstić information content (AvgIpc) is 2.60. The Bertz CT molecular complexity index is 731. The first-order chi connectivity index (χ1) is 11.9. The third kappa shape index (κ3) is 5.16. The highest BCUT2D eigenvalue weighted by atomic mass is 79.9. The molecule has 0 aliphatic heterocycles. The Morgan fingerprint density at radius 3 is 2.08 bits per heavy atom. The fourth-order valence-corrected chi connectivity index (χ4v) is 3.18. The second-order valence-corrected chi connectivity index (χ2v) is 7.17. The number of hydrogen-bond acceptors (Lipinski definition) is 2. The Balaban J connectivity index is 2.08. The molecule has 2 N–H and O–H groups in total. The van der Waals surface area contributed by atoms with Crippen molar-refractivity contribution in [2.75, 3.05) is 0 Å². The maximum Gasteiger partial charge on any atom is 0.251 e. The molecule has 4 nitrogen and oxygen atoms in total. The van der Waals surface area contributed by atoms with E-state index in [1.165, 1.54) is 0 Å². The third-order valence-corrected chi connectivity index (χ3v) is 4.72. The summed E-state index contributed by atoms with van der Waals surface area (Å²) in [7, 11) is 0. The van der Waals surface area contributed by atoms with E-state index in [2.05, 4.69) is 26.6 Å². The van der Waals surface area contributed by atoms with E-state index in [0.29, 0.717) is 5.56 Å². The van der Waals surface area contributed by atoms with Gasteiger partial charge >= 0.3 is 0 Å². The minimum Gasteiger partial charge on any atom is -0.348 e. The molecule has 2 aromatic carbocycles. The van der Waals surface area contributed by atoms with Crippen LogP contribution in [0.1, 0.15) is 42.7 Å². The number of rotatable bonds is 6. The molecule has 2 atom stereocenters. The molecule has 132 valence electrons. The number of carbonyl (C=O) groups is 2. The second kappa shape index (κ2) is 8.81. The normalized spacial score (nSPS) is 13.2. The van der Waals surface area contributed by atoms with Gasteiger partial charge in [-0.2, -0.15) is 0 Å². The Hall–Kier alpha value is -2.14. The minimum atomic E-state index is -0.599. The van der Waals surface area contributed by atoms with Crippen molar-refractivity contribution >= 4 is 27.7 Å². The highest BCUT2D eigenvalue weighted by molar-refractivity contribution is 9.10. The Kier molecular flexibility index (Phi) is 6.76. The van der Waals surface area contributed by atoms with Crippen LogP contribution in [0.25, 0.3) is 0 Å². The van der Waals surface area contributed by atoms with Gasteiger partial charge in [0.15, 0.2) is 0 Å². The first-order valence-electron chi connectivity index (χ1n) is 8.31. The van der Waals surface area contributed by atoms with Crippen LogP contribution in [0.4, 0.5) is 0 Å². The van der Waals surface area contributed by atoms with E-state index < -0.39 is 6.04 Å². The first-order valence-corrected chi connectivity index (χ1v) is 9.10. The summed E-state index contributed by atoms with van der Waals surface area (Å²) in [5, 5.41) is 5.83. The molecular weight excluding hydrogens is 380 g/mol. The number of nitrogens with one attached hydrogen (secondary N) is 2. The third-order valence-electron chi connectivity index (χ3n) is 4.00. The number of amides is 2. The highest BCUT2D eigenvalue weighted by Crippen LogP contribution is 2.23. The molecular formula is C20H23BrN2O2. The van der Waals surface area contributed by atoms with Crippen LogP contribution >= 0.6 is 15.9 Å². The largest absolute Gasteiger partial charge is 0.348 e. The smallest absolute Gasteiger partial charge is 0.251 e. The van der Waals surface area contributed by atoms with Crippen LogP contribution in [0.3, 0.4) is 0 Å². The lowest BCUT2D eigenvalue weighted by Gasteiger charge is -2.24. The molecule has 5 heteroatoms. The maximum absolute atomic E-state index is 12.7. The quantitative estimate of drug-likeness (QED) is 0.764. The fourth-order valence-electron chi connectivity index (χ4n) is 2.56. The molecule has 0 fully saturated rings. The molecule has 0 aliphatic carbocycles. The van der Waals surface area contributed by atoms with Crippen molar-refractivity contribution in [3.8, 4) is 0 Å². The maximum atomic E-state index is 12.7. The summed E-state index contributed by atoms with van der Waals surface area (Å²) in [6.45, 7) is 5.76. The first kappa shape index (κ1) is 19.2. The summed E-state index contributed by atoms with van der Waals surface area (Å²) < 4.78 is 0.942. The summed E-state index contributed by atoms with van der Waals surface area (Å²) >= 11 is 3.50. The van der Waals surface area contributed by atoms with Crippen LogP contribution < -0.4 is 10.6 Å². The predicted molar refractivity (Wildman–Crippen MR) is 103 cm³/mol. The van der Waals surface area contributed by atoms with Crippen molar-refractivity contribution in [1.82, 2.24) is 10.6 Å². The molecule has 2 unspecified atom stereocenters. The van der Waals surface area contributed by atoms with Crippen LogP contribution in [-0.2, 0) is 4.79 Å². The van der Waals surface area contributed by atoms with Crippen molar-refractivity contribution in [1.29, 1.82) is 0 Å². The zero-order chi connectivity index (χ0) is 18.4. The molecule has 2 amide bonds. The van der Waals surface area contributed by atoms with Crippen molar-refractivity contribution < 1.29 is 9.59 Å². The summed E-state index contributed by atoms with van der Waals surface area (Å²) in [4.78, 5) is 25.1. The molecule has 2 aromatic rings. The predicted octanol–water partition coefficient (Wildman–Crippen LogP) is 4.08. The molecule has 0 spiro atoms. The zero-order valence-corrected chi connectivity index (χ0v) is 16.2. The van der Waals surface area contributed by atoms with E-state index in [-0.39, 0.29) is 23.8 Å². The molecule has 2 rings (SSSR count). The lowest BCUT2D eigenvalue weighted by Crippen LogP contribution is -2.50. The van der Waals surface area contributed by atoms with Gasteiger partial charge in [0.2, 0.25) is 5.91 Å². The van der Waals surface area contributed by atoms with E-state index in [9.17, 15) is 9.59 Å². The number of carbonyl (C=O) groups excluding carboxylic acids is 2. The van der Waals surface area contributed by atoms with Crippen molar-refractivity contribution in [3.63, 3.8) is 0 Å². The van der Waals surface area contributed by atoms with Crippen molar-refractivity contribution in [2.45, 2.75) is 32.9 Å². The van der Waals surface area contributed by atoms with Crippen LogP contribution in [0, 0.1) is 5.92 Å². The van der Waals surface area contributed by atoms with Gasteiger partial charge in [-0.15, -0.1) is 0 Å². The second-order valence-electron chi connectivity index (χ2n) is 6.31. The van der Waals surface area contributed by atoms with Gasteiger partial charge in [-0.3, -0.25) is 9.59 Å². The van der Waals surface area contributed by atoms with E-state index in [1.54, 1.807) is 24.3 Å². The molecule has 0 bridgehead atoms. The highest BCUT2D eigenvalue weighted by Gasteiger charge is 2.26. The van der Waals surface area contributed by atoms with Gasteiger partial charge in [0, 0.05) is 10.0 Å². The van der Waals surface area contributed by atoms with Crippen molar-refractivity contribution in [3.05, 3.63) is 70.2 Å². The zero-order valence-electron chi connectivity index (χ0n) is 14.6. The monoisotopic (exact) mass is 402 g/mol. The molecule has 0 saturated carbocycles.